The quantitative estimate of drug-likeness (QED) is 0.616. The van der Waals surface area contributed by atoms with E-state index in [-0.39, 0.29) is 5.91 Å². The monoisotopic (exact) mass is 440 g/mol. The summed E-state index contributed by atoms with van der Waals surface area (Å²) in [6, 6.07) is 13.6. The van der Waals surface area contributed by atoms with Crippen molar-refractivity contribution in [3.8, 4) is 5.75 Å². The lowest BCUT2D eigenvalue weighted by molar-refractivity contribution is -0.118. The van der Waals surface area contributed by atoms with Gasteiger partial charge in [0.1, 0.15) is 5.75 Å². The topological polar surface area (TPSA) is 58.6 Å². The van der Waals surface area contributed by atoms with E-state index in [0.29, 0.717) is 25.2 Å². The molecule has 0 aliphatic carbocycles. The van der Waals surface area contributed by atoms with Crippen LogP contribution in [0.2, 0.25) is 0 Å². The highest BCUT2D eigenvalue weighted by molar-refractivity contribution is 9.10. The van der Waals surface area contributed by atoms with Crippen LogP contribution in [0, 0.1) is 0 Å². The number of likely N-dealkylation sites (N-methyl/N-ethyl adjacent to an activating group) is 1. The number of aromatic nitrogens is 2. The lowest BCUT2D eigenvalue weighted by Crippen LogP contribution is -2.43. The van der Waals surface area contributed by atoms with Crippen LogP contribution < -0.4 is 14.5 Å². The first-order valence-electron chi connectivity index (χ1n) is 9.17. The summed E-state index contributed by atoms with van der Waals surface area (Å²) in [6.45, 7) is 1.35. The van der Waals surface area contributed by atoms with Gasteiger partial charge in [-0.25, -0.2) is 9.97 Å². The molecule has 3 aromatic rings. The molecule has 0 radical (unpaired) electrons. The second-order valence-corrected chi connectivity index (χ2v) is 7.65. The zero-order chi connectivity index (χ0) is 19.7. The van der Waals surface area contributed by atoms with Gasteiger partial charge in [0.2, 0.25) is 5.91 Å². The number of hydrogen-bond donors (Lipinski definition) is 0. The number of anilines is 2. The molecular formula is C21H21BrN4O2. The standard InChI is InChI=1S/C21H21BrN4O2/c1-25-11-12-26(21-20(25)23-16-5-3-4-6-17(16)24-21)19(27)10-8-14-7-9-18(28-2)15(22)13-14/h3-7,9,13H,8,10-12H2,1-2H3. The van der Waals surface area contributed by atoms with Crippen LogP contribution in [-0.2, 0) is 11.2 Å². The van der Waals surface area contributed by atoms with Crippen LogP contribution >= 0.6 is 15.9 Å². The number of rotatable bonds is 4. The van der Waals surface area contributed by atoms with Gasteiger partial charge in [-0.2, -0.15) is 0 Å². The number of aryl methyl sites for hydroxylation is 1. The van der Waals surface area contributed by atoms with E-state index >= 15 is 0 Å². The summed E-state index contributed by atoms with van der Waals surface area (Å²) in [5.74, 6) is 2.25. The molecule has 0 saturated heterocycles. The number of para-hydroxylation sites is 2. The van der Waals surface area contributed by atoms with E-state index in [1.165, 1.54) is 0 Å². The third-order valence-electron chi connectivity index (χ3n) is 4.96. The van der Waals surface area contributed by atoms with E-state index < -0.39 is 0 Å². The van der Waals surface area contributed by atoms with E-state index in [2.05, 4.69) is 20.8 Å². The number of carbonyl (C=O) groups is 1. The largest absolute Gasteiger partial charge is 0.496 e. The van der Waals surface area contributed by atoms with Crippen molar-refractivity contribution in [3.05, 3.63) is 52.5 Å². The summed E-state index contributed by atoms with van der Waals surface area (Å²) in [5.41, 5.74) is 2.72. The predicted molar refractivity (Wildman–Crippen MR) is 114 cm³/mol. The maximum Gasteiger partial charge on any atom is 0.228 e. The van der Waals surface area contributed by atoms with Gasteiger partial charge in [0.15, 0.2) is 11.6 Å². The number of hydrogen-bond acceptors (Lipinski definition) is 5. The van der Waals surface area contributed by atoms with Crippen LogP contribution in [0.3, 0.4) is 0 Å². The maximum atomic E-state index is 13.0. The van der Waals surface area contributed by atoms with Crippen molar-refractivity contribution in [2.75, 3.05) is 37.0 Å². The molecule has 28 heavy (non-hydrogen) atoms. The molecule has 0 bridgehead atoms. The number of halogens is 1. The molecule has 1 aromatic heterocycles. The van der Waals surface area contributed by atoms with Crippen LogP contribution in [-0.4, -0.2) is 43.1 Å². The van der Waals surface area contributed by atoms with E-state index in [1.807, 2.05) is 49.5 Å². The first-order valence-corrected chi connectivity index (χ1v) is 9.97. The highest BCUT2D eigenvalue weighted by Gasteiger charge is 2.28. The summed E-state index contributed by atoms with van der Waals surface area (Å²) in [4.78, 5) is 26.3. The fourth-order valence-corrected chi connectivity index (χ4v) is 3.96. The molecule has 0 atom stereocenters. The van der Waals surface area contributed by atoms with E-state index in [9.17, 15) is 4.79 Å². The molecule has 1 aliphatic heterocycles. The zero-order valence-electron chi connectivity index (χ0n) is 15.9. The summed E-state index contributed by atoms with van der Waals surface area (Å²) < 4.78 is 6.15. The Hall–Kier alpha value is -2.67. The summed E-state index contributed by atoms with van der Waals surface area (Å²) in [5, 5.41) is 0. The molecule has 6 nitrogen and oxygen atoms in total. The van der Waals surface area contributed by atoms with Gasteiger partial charge in [0, 0.05) is 26.6 Å². The minimum Gasteiger partial charge on any atom is -0.496 e. The highest BCUT2D eigenvalue weighted by Crippen LogP contribution is 2.31. The van der Waals surface area contributed by atoms with Crippen molar-refractivity contribution >= 4 is 44.5 Å². The Labute approximate surface area is 172 Å². The number of ether oxygens (including phenoxy) is 1. The molecule has 1 amide bonds. The molecule has 1 aliphatic rings. The number of nitrogens with zero attached hydrogens (tertiary/aromatic N) is 4. The first kappa shape index (κ1) is 18.7. The van der Waals surface area contributed by atoms with E-state index in [4.69, 9.17) is 14.7 Å². The van der Waals surface area contributed by atoms with Crippen molar-refractivity contribution in [1.29, 1.82) is 0 Å². The molecule has 0 saturated carbocycles. The van der Waals surface area contributed by atoms with Gasteiger partial charge in [-0.1, -0.05) is 18.2 Å². The van der Waals surface area contributed by atoms with Gasteiger partial charge in [-0.05, 0) is 52.2 Å². The molecule has 0 unspecified atom stereocenters. The van der Waals surface area contributed by atoms with Gasteiger partial charge in [0.05, 0.1) is 22.6 Å². The number of amides is 1. The Balaban J connectivity index is 1.56. The Kier molecular flexibility index (Phi) is 5.17. The maximum absolute atomic E-state index is 13.0. The number of benzene rings is 2. The smallest absolute Gasteiger partial charge is 0.228 e. The number of carbonyl (C=O) groups excluding carboxylic acids is 1. The third-order valence-corrected chi connectivity index (χ3v) is 5.58. The average Bonchev–Trinajstić information content (AvgIpc) is 2.71. The van der Waals surface area contributed by atoms with E-state index in [1.54, 1.807) is 12.0 Å². The molecule has 7 heteroatoms. The fraction of sp³-hybridized carbons (Fsp3) is 0.286. The Morgan fingerprint density at radius 3 is 2.50 bits per heavy atom. The second-order valence-electron chi connectivity index (χ2n) is 6.80. The number of fused-ring (bicyclic) bond motifs is 2. The molecule has 4 rings (SSSR count). The Bertz CT molecular complexity index is 1040. The Morgan fingerprint density at radius 2 is 1.82 bits per heavy atom. The SMILES string of the molecule is COc1ccc(CCC(=O)N2CCN(C)c3nc4ccccc4nc32)cc1Br. The average molecular weight is 441 g/mol. The van der Waals surface area contributed by atoms with Crippen molar-refractivity contribution in [1.82, 2.24) is 9.97 Å². The van der Waals surface area contributed by atoms with Crippen LogP contribution in [0.15, 0.2) is 46.9 Å². The van der Waals surface area contributed by atoms with Crippen molar-refractivity contribution in [3.63, 3.8) is 0 Å². The van der Waals surface area contributed by atoms with Crippen LogP contribution in [0.1, 0.15) is 12.0 Å². The summed E-state index contributed by atoms with van der Waals surface area (Å²) >= 11 is 3.50. The minimum atomic E-state index is 0.0610. The zero-order valence-corrected chi connectivity index (χ0v) is 17.4. The summed E-state index contributed by atoms with van der Waals surface area (Å²) in [6.07, 6.45) is 1.07. The van der Waals surface area contributed by atoms with Gasteiger partial charge in [-0.3, -0.25) is 9.69 Å². The summed E-state index contributed by atoms with van der Waals surface area (Å²) in [7, 11) is 3.62. The molecular weight excluding hydrogens is 420 g/mol. The molecule has 0 N–H and O–H groups in total. The predicted octanol–water partition coefficient (Wildman–Crippen LogP) is 3.82. The second kappa shape index (κ2) is 7.75. The first-order chi connectivity index (χ1) is 13.6. The molecule has 2 aromatic carbocycles. The molecule has 0 fully saturated rings. The van der Waals surface area contributed by atoms with Crippen LogP contribution in [0.4, 0.5) is 11.6 Å². The van der Waals surface area contributed by atoms with Gasteiger partial charge in [-0.15, -0.1) is 0 Å². The van der Waals surface area contributed by atoms with Crippen molar-refractivity contribution in [2.24, 2.45) is 0 Å². The fourth-order valence-electron chi connectivity index (χ4n) is 3.37. The lowest BCUT2D eigenvalue weighted by atomic mass is 10.1. The highest BCUT2D eigenvalue weighted by atomic mass is 79.9. The van der Waals surface area contributed by atoms with Crippen molar-refractivity contribution in [2.45, 2.75) is 12.8 Å². The van der Waals surface area contributed by atoms with Gasteiger partial charge >= 0.3 is 0 Å². The molecule has 2 heterocycles. The van der Waals surface area contributed by atoms with Crippen molar-refractivity contribution < 1.29 is 9.53 Å². The molecule has 0 spiro atoms. The Morgan fingerprint density at radius 1 is 1.11 bits per heavy atom. The lowest BCUT2D eigenvalue weighted by Gasteiger charge is -2.33. The van der Waals surface area contributed by atoms with Gasteiger partial charge in [0.25, 0.3) is 0 Å². The normalized spacial score (nSPS) is 13.5. The van der Waals surface area contributed by atoms with Crippen LogP contribution in [0.25, 0.3) is 11.0 Å². The van der Waals surface area contributed by atoms with E-state index in [0.717, 1.165) is 39.2 Å². The molecule has 144 valence electrons. The van der Waals surface area contributed by atoms with Gasteiger partial charge < -0.3 is 9.64 Å². The third kappa shape index (κ3) is 3.54. The minimum absolute atomic E-state index is 0.0610. The van der Waals surface area contributed by atoms with Crippen LogP contribution in [0.5, 0.6) is 5.75 Å². The number of methoxy groups -OCH3 is 1.